The van der Waals surface area contributed by atoms with Crippen LogP contribution in [0.5, 0.6) is 0 Å². The molecule has 0 fully saturated rings. The maximum atomic E-state index is 10.9. The van der Waals surface area contributed by atoms with Crippen LogP contribution >= 0.6 is 15.9 Å². The number of nitrogens with zero attached hydrogens (tertiary/aromatic N) is 2. The van der Waals surface area contributed by atoms with E-state index in [1.54, 1.807) is 13.8 Å². The zero-order chi connectivity index (χ0) is 16.9. The third-order valence-corrected chi connectivity index (χ3v) is 2.66. The molecule has 0 aliphatic heterocycles. The van der Waals surface area contributed by atoms with Crippen molar-refractivity contribution in [3.8, 4) is 0 Å². The molecule has 10 heteroatoms. The Morgan fingerprint density at radius 3 is 1.77 bits per heavy atom. The standard InChI is InChI=1S/C6H6BrNO3.C6H8N2O3/c2*1-3-4(5(9)10-2)11-6(7)8-3/h1-2H3;1-2H3,(H2,7,8). The molecule has 2 N–H and O–H groups in total. The molecule has 0 saturated heterocycles. The van der Waals surface area contributed by atoms with Crippen LogP contribution < -0.4 is 5.73 Å². The summed E-state index contributed by atoms with van der Waals surface area (Å²) < 4.78 is 18.5. The van der Waals surface area contributed by atoms with E-state index in [0.29, 0.717) is 11.4 Å². The Labute approximate surface area is 133 Å². The van der Waals surface area contributed by atoms with E-state index in [4.69, 9.17) is 14.6 Å². The van der Waals surface area contributed by atoms with Crippen molar-refractivity contribution >= 4 is 33.9 Å². The lowest BCUT2D eigenvalue weighted by Crippen LogP contribution is -2.00. The predicted molar refractivity (Wildman–Crippen MR) is 77.3 cm³/mol. The fourth-order valence-electron chi connectivity index (χ4n) is 1.34. The molecular formula is C12H14BrN3O6. The second kappa shape index (κ2) is 7.59. The Kier molecular flexibility index (Phi) is 6.11. The molecule has 0 unspecified atom stereocenters. The van der Waals surface area contributed by atoms with Crippen molar-refractivity contribution in [2.24, 2.45) is 0 Å². The topological polar surface area (TPSA) is 131 Å². The molecule has 2 aromatic rings. The lowest BCUT2D eigenvalue weighted by Gasteiger charge is -1.92. The van der Waals surface area contributed by atoms with Crippen molar-refractivity contribution in [1.29, 1.82) is 0 Å². The van der Waals surface area contributed by atoms with Crippen LogP contribution in [0.4, 0.5) is 6.01 Å². The van der Waals surface area contributed by atoms with Crippen LogP contribution in [0, 0.1) is 13.8 Å². The Morgan fingerprint density at radius 2 is 1.45 bits per heavy atom. The van der Waals surface area contributed by atoms with Gasteiger partial charge in [-0.15, -0.1) is 0 Å². The van der Waals surface area contributed by atoms with Crippen LogP contribution in [0.2, 0.25) is 0 Å². The number of anilines is 1. The van der Waals surface area contributed by atoms with Crippen molar-refractivity contribution in [3.05, 3.63) is 27.7 Å². The molecule has 0 spiro atoms. The van der Waals surface area contributed by atoms with Gasteiger partial charge in [0.15, 0.2) is 0 Å². The van der Waals surface area contributed by atoms with Gasteiger partial charge in [-0.3, -0.25) is 0 Å². The quantitative estimate of drug-likeness (QED) is 0.781. The molecule has 0 atom stereocenters. The van der Waals surface area contributed by atoms with Gasteiger partial charge in [-0.1, -0.05) is 0 Å². The third kappa shape index (κ3) is 4.32. The number of carbonyl (C=O) groups is 2. The number of hydrogen-bond donors (Lipinski definition) is 1. The van der Waals surface area contributed by atoms with E-state index < -0.39 is 11.9 Å². The summed E-state index contributed by atoms with van der Waals surface area (Å²) >= 11 is 2.99. The summed E-state index contributed by atoms with van der Waals surface area (Å²) in [7, 11) is 2.55. The zero-order valence-electron chi connectivity index (χ0n) is 12.3. The summed E-state index contributed by atoms with van der Waals surface area (Å²) in [6, 6.07) is -0.0251. The highest BCUT2D eigenvalue weighted by Gasteiger charge is 2.16. The summed E-state index contributed by atoms with van der Waals surface area (Å²) in [6.07, 6.45) is 0. The van der Waals surface area contributed by atoms with Gasteiger partial charge in [0.05, 0.1) is 25.6 Å². The monoisotopic (exact) mass is 375 g/mol. The lowest BCUT2D eigenvalue weighted by molar-refractivity contribution is 0.0555. The number of carbonyl (C=O) groups excluding carboxylic acids is 2. The molecule has 0 aromatic carbocycles. The van der Waals surface area contributed by atoms with E-state index in [1.807, 2.05) is 0 Å². The van der Waals surface area contributed by atoms with Gasteiger partial charge in [-0.05, 0) is 13.8 Å². The van der Waals surface area contributed by atoms with Crippen LogP contribution in [0.3, 0.4) is 0 Å². The van der Waals surface area contributed by atoms with E-state index in [0.717, 1.165) is 0 Å². The molecule has 22 heavy (non-hydrogen) atoms. The minimum atomic E-state index is -0.563. The first kappa shape index (κ1) is 17.7. The van der Waals surface area contributed by atoms with Crippen molar-refractivity contribution in [1.82, 2.24) is 9.97 Å². The summed E-state index contributed by atoms with van der Waals surface area (Å²) in [6.45, 7) is 3.28. The average Bonchev–Trinajstić information content (AvgIpc) is 2.99. The van der Waals surface area contributed by atoms with Gasteiger partial charge in [-0.2, -0.15) is 4.98 Å². The predicted octanol–water partition coefficient (Wildman–Crippen LogP) is 1.88. The van der Waals surface area contributed by atoms with Gasteiger partial charge in [0.1, 0.15) is 0 Å². The van der Waals surface area contributed by atoms with Crippen LogP contribution in [-0.2, 0) is 9.47 Å². The van der Waals surface area contributed by atoms with Crippen LogP contribution in [0.1, 0.15) is 32.5 Å². The highest BCUT2D eigenvalue weighted by atomic mass is 79.9. The Balaban J connectivity index is 0.000000220. The number of nitrogens with two attached hydrogens (primary N) is 1. The van der Waals surface area contributed by atoms with E-state index in [9.17, 15) is 9.59 Å². The number of hydrogen-bond acceptors (Lipinski definition) is 9. The number of aryl methyl sites for hydroxylation is 2. The molecule has 2 aromatic heterocycles. The fourth-order valence-corrected chi connectivity index (χ4v) is 1.77. The highest BCUT2D eigenvalue weighted by Crippen LogP contribution is 2.15. The number of nitrogen functional groups attached to an aromatic ring is 1. The molecule has 120 valence electrons. The largest absolute Gasteiger partial charge is 0.463 e. The second-order valence-corrected chi connectivity index (χ2v) is 4.51. The molecule has 9 nitrogen and oxygen atoms in total. The minimum Gasteiger partial charge on any atom is -0.463 e. The summed E-state index contributed by atoms with van der Waals surface area (Å²) in [5.41, 5.74) is 6.14. The Morgan fingerprint density at radius 1 is 1.00 bits per heavy atom. The molecule has 2 rings (SSSR count). The van der Waals surface area contributed by atoms with Crippen LogP contribution in [-0.4, -0.2) is 36.1 Å². The lowest BCUT2D eigenvalue weighted by atomic mass is 10.4. The number of ether oxygens (including phenoxy) is 2. The van der Waals surface area contributed by atoms with E-state index >= 15 is 0 Å². The van der Waals surface area contributed by atoms with Crippen molar-refractivity contribution in [2.75, 3.05) is 20.0 Å². The number of esters is 2. The first-order chi connectivity index (χ1) is 10.3. The van der Waals surface area contributed by atoms with Crippen LogP contribution in [0.15, 0.2) is 13.6 Å². The average molecular weight is 376 g/mol. The summed E-state index contributed by atoms with van der Waals surface area (Å²) in [5, 5.41) is 0. The van der Waals surface area contributed by atoms with Crippen molar-refractivity contribution < 1.29 is 27.9 Å². The van der Waals surface area contributed by atoms with E-state index in [-0.39, 0.29) is 22.3 Å². The summed E-state index contributed by atoms with van der Waals surface area (Å²) in [4.78, 5) is 29.5. The Bertz CT molecular complexity index is 620. The molecule has 0 radical (unpaired) electrons. The van der Waals surface area contributed by atoms with Crippen LogP contribution in [0.25, 0.3) is 0 Å². The van der Waals surface area contributed by atoms with Gasteiger partial charge in [0.2, 0.25) is 11.5 Å². The SMILES string of the molecule is COC(=O)c1oc(Br)nc1C.COC(=O)c1oc(N)nc1C. The molecule has 0 aliphatic rings. The van der Waals surface area contributed by atoms with Gasteiger partial charge >= 0.3 is 11.9 Å². The van der Waals surface area contributed by atoms with Crippen molar-refractivity contribution in [3.63, 3.8) is 0 Å². The highest BCUT2D eigenvalue weighted by molar-refractivity contribution is 9.10. The number of halogens is 1. The smallest absolute Gasteiger partial charge is 0.376 e. The Hall–Kier alpha value is -2.36. The first-order valence-electron chi connectivity index (χ1n) is 5.82. The maximum Gasteiger partial charge on any atom is 0.376 e. The van der Waals surface area contributed by atoms with Gasteiger partial charge in [-0.25, -0.2) is 14.6 Å². The van der Waals surface area contributed by atoms with Gasteiger partial charge in [0.25, 0.3) is 10.8 Å². The zero-order valence-corrected chi connectivity index (χ0v) is 13.9. The molecule has 0 saturated carbocycles. The van der Waals surface area contributed by atoms with Gasteiger partial charge < -0.3 is 24.0 Å². The molecule has 2 heterocycles. The summed E-state index contributed by atoms with van der Waals surface area (Å²) in [5.74, 6) is -0.878. The minimum absolute atomic E-state index is 0.0251. The van der Waals surface area contributed by atoms with E-state index in [2.05, 4.69) is 35.4 Å². The van der Waals surface area contributed by atoms with Crippen molar-refractivity contribution in [2.45, 2.75) is 13.8 Å². The number of aromatic nitrogens is 2. The maximum absolute atomic E-state index is 10.9. The number of methoxy groups -OCH3 is 2. The fraction of sp³-hybridized carbons (Fsp3) is 0.333. The second-order valence-electron chi connectivity index (χ2n) is 3.83. The normalized spacial score (nSPS) is 9.68. The number of oxazole rings is 2. The van der Waals surface area contributed by atoms with E-state index in [1.165, 1.54) is 14.2 Å². The molecule has 0 bridgehead atoms. The molecular weight excluding hydrogens is 362 g/mol. The first-order valence-corrected chi connectivity index (χ1v) is 6.61. The molecule has 0 aliphatic carbocycles. The third-order valence-electron chi connectivity index (χ3n) is 2.33. The molecule has 0 amide bonds. The number of rotatable bonds is 2. The van der Waals surface area contributed by atoms with Gasteiger partial charge in [0, 0.05) is 15.9 Å².